The Morgan fingerprint density at radius 2 is 1.56 bits per heavy atom. The van der Waals surface area contributed by atoms with E-state index in [9.17, 15) is 13.2 Å². The summed E-state index contributed by atoms with van der Waals surface area (Å²) in [6.45, 7) is -0.0492. The topological polar surface area (TPSA) is 84.5 Å². The highest BCUT2D eigenvalue weighted by molar-refractivity contribution is 7.89. The maximum atomic E-state index is 12.8. The lowest BCUT2D eigenvalue weighted by Crippen LogP contribution is -2.23. The normalized spacial score (nSPS) is 11.3. The molecule has 0 heterocycles. The van der Waals surface area contributed by atoms with E-state index in [0.717, 1.165) is 0 Å². The van der Waals surface area contributed by atoms with Crippen LogP contribution in [0.1, 0.15) is 15.9 Å². The maximum Gasteiger partial charge on any atom is 0.257 e. The summed E-state index contributed by atoms with van der Waals surface area (Å²) in [5.74, 6) is -0.288. The van der Waals surface area contributed by atoms with E-state index in [1.165, 1.54) is 49.6 Å². The third-order valence-electron chi connectivity index (χ3n) is 4.37. The molecule has 0 spiro atoms. The van der Waals surface area contributed by atoms with Crippen LogP contribution in [0.5, 0.6) is 5.75 Å². The Balaban J connectivity index is 1.85. The molecule has 0 bridgehead atoms. The minimum absolute atomic E-state index is 0.0492. The van der Waals surface area contributed by atoms with E-state index in [-0.39, 0.29) is 33.5 Å². The first kappa shape index (κ1) is 24.6. The second-order valence-corrected chi connectivity index (χ2v) is 9.95. The number of rotatable bonds is 7. The number of sulfonamides is 1. The predicted molar refractivity (Wildman–Crippen MR) is 128 cm³/mol. The lowest BCUT2D eigenvalue weighted by Gasteiger charge is -2.14. The van der Waals surface area contributed by atoms with Crippen molar-refractivity contribution in [2.75, 3.05) is 12.4 Å². The molecule has 0 atom stereocenters. The number of ether oxygens (including phenoxy) is 1. The van der Waals surface area contributed by atoms with Gasteiger partial charge in [0, 0.05) is 21.6 Å². The molecule has 0 unspecified atom stereocenters. The van der Waals surface area contributed by atoms with Crippen LogP contribution in [0.4, 0.5) is 5.69 Å². The molecule has 0 radical (unpaired) electrons. The number of halogens is 4. The van der Waals surface area contributed by atoms with Crippen LogP contribution in [0.2, 0.25) is 20.1 Å². The zero-order valence-electron chi connectivity index (χ0n) is 16.5. The van der Waals surface area contributed by atoms with Gasteiger partial charge < -0.3 is 10.1 Å². The van der Waals surface area contributed by atoms with Crippen LogP contribution >= 0.6 is 46.4 Å². The highest BCUT2D eigenvalue weighted by atomic mass is 35.5. The number of nitrogens with one attached hydrogen (secondary N) is 2. The Morgan fingerprint density at radius 3 is 2.19 bits per heavy atom. The second-order valence-electron chi connectivity index (χ2n) is 6.50. The first-order valence-corrected chi connectivity index (χ1v) is 12.0. The monoisotopic (exact) mass is 532 g/mol. The summed E-state index contributed by atoms with van der Waals surface area (Å²) < 4.78 is 33.3. The van der Waals surface area contributed by atoms with Crippen molar-refractivity contribution in [3.8, 4) is 5.75 Å². The Kier molecular flexibility index (Phi) is 7.92. The molecule has 3 aromatic rings. The van der Waals surface area contributed by atoms with Crippen LogP contribution in [-0.4, -0.2) is 21.4 Å². The van der Waals surface area contributed by atoms with Gasteiger partial charge >= 0.3 is 0 Å². The van der Waals surface area contributed by atoms with Gasteiger partial charge in [-0.1, -0.05) is 52.5 Å². The van der Waals surface area contributed by atoms with Crippen molar-refractivity contribution in [1.29, 1.82) is 0 Å². The molecule has 168 valence electrons. The fraction of sp³-hybridized carbons (Fsp3) is 0.0952. The molecule has 32 heavy (non-hydrogen) atoms. The fourth-order valence-corrected chi connectivity index (χ4v) is 4.74. The van der Waals surface area contributed by atoms with Crippen LogP contribution in [-0.2, 0) is 16.6 Å². The lowest BCUT2D eigenvalue weighted by molar-refractivity contribution is 0.102. The number of hydrogen-bond donors (Lipinski definition) is 2. The number of anilines is 1. The number of hydrogen-bond acceptors (Lipinski definition) is 4. The average molecular weight is 534 g/mol. The molecule has 3 aromatic carbocycles. The highest BCUT2D eigenvalue weighted by Gasteiger charge is 2.19. The van der Waals surface area contributed by atoms with Crippen LogP contribution in [0.15, 0.2) is 59.5 Å². The maximum absolute atomic E-state index is 12.8. The zero-order chi connectivity index (χ0) is 23.5. The molecule has 0 saturated carbocycles. The van der Waals surface area contributed by atoms with Crippen molar-refractivity contribution in [1.82, 2.24) is 4.72 Å². The molecule has 2 N–H and O–H groups in total. The number of methoxy groups -OCH3 is 1. The predicted octanol–water partition coefficient (Wildman–Crippen LogP) is 6.04. The molecule has 0 aliphatic heterocycles. The van der Waals surface area contributed by atoms with Gasteiger partial charge in [-0.15, -0.1) is 0 Å². The molecule has 0 aliphatic carbocycles. The smallest absolute Gasteiger partial charge is 0.257 e. The summed E-state index contributed by atoms with van der Waals surface area (Å²) in [6, 6.07) is 13.3. The molecule has 6 nitrogen and oxygen atoms in total. The third-order valence-corrected chi connectivity index (χ3v) is 6.91. The summed E-state index contributed by atoms with van der Waals surface area (Å²) in [4.78, 5) is 12.6. The van der Waals surface area contributed by atoms with Crippen LogP contribution < -0.4 is 14.8 Å². The standard InChI is InChI=1S/C21H16Cl4N2O4S/c1-31-20-7-5-15(32(29,30)26-11-12-2-3-13(22)8-17(12)24)10-19(20)27-21(28)16-6-4-14(23)9-18(16)25/h2-10,26H,11H2,1H3,(H,27,28). The van der Waals surface area contributed by atoms with Gasteiger partial charge in [0.1, 0.15) is 5.75 Å². The molecule has 0 saturated heterocycles. The van der Waals surface area contributed by atoms with E-state index in [2.05, 4.69) is 10.0 Å². The minimum atomic E-state index is -3.94. The van der Waals surface area contributed by atoms with Gasteiger partial charge in [-0.05, 0) is 54.1 Å². The van der Waals surface area contributed by atoms with E-state index < -0.39 is 15.9 Å². The van der Waals surface area contributed by atoms with Crippen molar-refractivity contribution in [3.63, 3.8) is 0 Å². The summed E-state index contributed by atoms with van der Waals surface area (Å²) in [7, 11) is -2.54. The minimum Gasteiger partial charge on any atom is -0.495 e. The number of amides is 1. The number of carbonyl (C=O) groups excluding carboxylic acids is 1. The van der Waals surface area contributed by atoms with Crippen LogP contribution in [0.25, 0.3) is 0 Å². The van der Waals surface area contributed by atoms with Gasteiger partial charge in [-0.25, -0.2) is 13.1 Å². The van der Waals surface area contributed by atoms with Crippen molar-refractivity contribution < 1.29 is 17.9 Å². The summed E-state index contributed by atoms with van der Waals surface area (Å²) in [6.07, 6.45) is 0. The molecule has 0 aliphatic rings. The van der Waals surface area contributed by atoms with Gasteiger partial charge in [0.2, 0.25) is 10.0 Å². The SMILES string of the molecule is COc1ccc(S(=O)(=O)NCc2ccc(Cl)cc2Cl)cc1NC(=O)c1ccc(Cl)cc1Cl. The van der Waals surface area contributed by atoms with Crippen LogP contribution in [0.3, 0.4) is 0 Å². The largest absolute Gasteiger partial charge is 0.495 e. The van der Waals surface area contributed by atoms with Crippen molar-refractivity contribution in [3.05, 3.63) is 85.8 Å². The summed E-state index contributed by atoms with van der Waals surface area (Å²) in [5.41, 5.74) is 0.872. The molecule has 1 amide bonds. The number of carbonyl (C=O) groups is 1. The fourth-order valence-electron chi connectivity index (χ4n) is 2.74. The second kappa shape index (κ2) is 10.3. The van der Waals surface area contributed by atoms with Crippen molar-refractivity contribution in [2.45, 2.75) is 11.4 Å². The van der Waals surface area contributed by atoms with Crippen molar-refractivity contribution >= 4 is 68.0 Å². The Hall–Kier alpha value is -2.00. The van der Waals surface area contributed by atoms with Gasteiger partial charge in [0.15, 0.2) is 0 Å². The highest BCUT2D eigenvalue weighted by Crippen LogP contribution is 2.30. The molecule has 3 rings (SSSR count). The number of benzene rings is 3. The van der Waals surface area contributed by atoms with E-state index in [1.54, 1.807) is 12.1 Å². The van der Waals surface area contributed by atoms with E-state index in [4.69, 9.17) is 51.1 Å². The first-order valence-electron chi connectivity index (χ1n) is 8.99. The molecular weight excluding hydrogens is 518 g/mol. The Morgan fingerprint density at radius 1 is 0.906 bits per heavy atom. The summed E-state index contributed by atoms with van der Waals surface area (Å²) >= 11 is 23.9. The van der Waals surface area contributed by atoms with Gasteiger partial charge in [0.05, 0.1) is 28.3 Å². The molecular formula is C21H16Cl4N2O4S. The van der Waals surface area contributed by atoms with E-state index in [0.29, 0.717) is 20.6 Å². The average Bonchev–Trinajstić information content (AvgIpc) is 2.73. The summed E-state index contributed by atoms with van der Waals surface area (Å²) in [5, 5.41) is 3.93. The first-order chi connectivity index (χ1) is 15.1. The quantitative estimate of drug-likeness (QED) is 0.387. The van der Waals surface area contributed by atoms with Crippen LogP contribution in [0, 0.1) is 0 Å². The Bertz CT molecular complexity index is 1280. The van der Waals surface area contributed by atoms with Gasteiger partial charge in [-0.3, -0.25) is 4.79 Å². The third kappa shape index (κ3) is 5.86. The molecule has 0 aromatic heterocycles. The van der Waals surface area contributed by atoms with Gasteiger partial charge in [-0.2, -0.15) is 0 Å². The van der Waals surface area contributed by atoms with Gasteiger partial charge in [0.25, 0.3) is 5.91 Å². The zero-order valence-corrected chi connectivity index (χ0v) is 20.3. The lowest BCUT2D eigenvalue weighted by atomic mass is 10.2. The Labute approximate surface area is 205 Å². The molecule has 0 fully saturated rings. The van der Waals surface area contributed by atoms with E-state index >= 15 is 0 Å². The van der Waals surface area contributed by atoms with Crippen molar-refractivity contribution in [2.24, 2.45) is 0 Å². The molecule has 11 heteroatoms. The van der Waals surface area contributed by atoms with E-state index in [1.807, 2.05) is 0 Å².